The Morgan fingerprint density at radius 2 is 1.55 bits per heavy atom. The number of rotatable bonds is 6. The SMILES string of the molecule is [NH3+][C@@H](Cc1ccccc1)c1nnc(SCc2ccccc2)o1. The van der Waals surface area contributed by atoms with Gasteiger partial charge in [0.05, 0.1) is 0 Å². The van der Waals surface area contributed by atoms with Gasteiger partial charge in [0.25, 0.3) is 11.1 Å². The van der Waals surface area contributed by atoms with E-state index >= 15 is 0 Å². The van der Waals surface area contributed by atoms with Gasteiger partial charge >= 0.3 is 0 Å². The fraction of sp³-hybridized carbons (Fsp3) is 0.176. The first-order valence-electron chi connectivity index (χ1n) is 7.18. The lowest BCUT2D eigenvalue weighted by atomic mass is 10.1. The second-order valence-corrected chi connectivity index (χ2v) is 5.99. The molecular weight excluding hydrogens is 294 g/mol. The van der Waals surface area contributed by atoms with Crippen molar-refractivity contribution in [1.82, 2.24) is 10.2 Å². The second-order valence-electron chi connectivity index (χ2n) is 5.07. The molecule has 1 heterocycles. The van der Waals surface area contributed by atoms with Gasteiger partial charge in [-0.1, -0.05) is 72.4 Å². The van der Waals surface area contributed by atoms with Crippen LogP contribution in [-0.4, -0.2) is 10.2 Å². The number of hydrogen-bond acceptors (Lipinski definition) is 4. The van der Waals surface area contributed by atoms with Crippen molar-refractivity contribution in [1.29, 1.82) is 0 Å². The van der Waals surface area contributed by atoms with E-state index in [1.807, 2.05) is 36.4 Å². The highest BCUT2D eigenvalue weighted by Gasteiger charge is 2.18. The summed E-state index contributed by atoms with van der Waals surface area (Å²) in [6.45, 7) is 0. The van der Waals surface area contributed by atoms with E-state index in [2.05, 4.69) is 40.2 Å². The van der Waals surface area contributed by atoms with Crippen LogP contribution in [0.2, 0.25) is 0 Å². The highest BCUT2D eigenvalue weighted by molar-refractivity contribution is 7.98. The Morgan fingerprint density at radius 1 is 0.909 bits per heavy atom. The van der Waals surface area contributed by atoms with E-state index in [9.17, 15) is 0 Å². The van der Waals surface area contributed by atoms with Gasteiger partial charge in [-0.05, 0) is 11.1 Å². The van der Waals surface area contributed by atoms with Crippen molar-refractivity contribution in [2.24, 2.45) is 0 Å². The Morgan fingerprint density at radius 3 is 2.23 bits per heavy atom. The van der Waals surface area contributed by atoms with Gasteiger partial charge in [-0.25, -0.2) is 0 Å². The standard InChI is InChI=1S/C17H17N3OS/c18-15(11-13-7-3-1-4-8-13)16-19-20-17(21-16)22-12-14-9-5-2-6-10-14/h1-10,15H,11-12,18H2/p+1/t15-/m0/s1. The summed E-state index contributed by atoms with van der Waals surface area (Å²) in [4.78, 5) is 0. The molecule has 3 rings (SSSR count). The first kappa shape index (κ1) is 14.8. The van der Waals surface area contributed by atoms with Crippen molar-refractivity contribution in [2.45, 2.75) is 23.4 Å². The molecule has 0 aliphatic rings. The summed E-state index contributed by atoms with van der Waals surface area (Å²) in [6.07, 6.45) is 0.797. The molecule has 0 aliphatic carbocycles. The largest absolute Gasteiger partial charge is 0.410 e. The van der Waals surface area contributed by atoms with Gasteiger partial charge in [0.2, 0.25) is 0 Å². The van der Waals surface area contributed by atoms with Crippen LogP contribution in [0.5, 0.6) is 0 Å². The molecule has 0 aliphatic heterocycles. The van der Waals surface area contributed by atoms with E-state index in [-0.39, 0.29) is 6.04 Å². The van der Waals surface area contributed by atoms with Crippen molar-refractivity contribution in [3.8, 4) is 0 Å². The Bertz CT molecular complexity index is 700. The number of aromatic nitrogens is 2. The maximum Gasteiger partial charge on any atom is 0.277 e. The minimum Gasteiger partial charge on any atom is -0.410 e. The van der Waals surface area contributed by atoms with Crippen LogP contribution in [0.15, 0.2) is 70.3 Å². The Hall–Kier alpha value is -2.11. The quantitative estimate of drug-likeness (QED) is 0.711. The summed E-state index contributed by atoms with van der Waals surface area (Å²) in [5, 5.41) is 8.82. The summed E-state index contributed by atoms with van der Waals surface area (Å²) in [7, 11) is 0. The van der Waals surface area contributed by atoms with Crippen molar-refractivity contribution in [3.05, 3.63) is 77.7 Å². The molecule has 0 saturated heterocycles. The molecule has 0 saturated carbocycles. The molecule has 0 unspecified atom stereocenters. The maximum atomic E-state index is 5.72. The van der Waals surface area contributed by atoms with Crippen LogP contribution in [0.3, 0.4) is 0 Å². The molecule has 112 valence electrons. The van der Waals surface area contributed by atoms with Crippen LogP contribution in [0.4, 0.5) is 0 Å². The molecule has 0 amide bonds. The first-order valence-corrected chi connectivity index (χ1v) is 8.17. The zero-order chi connectivity index (χ0) is 15.2. The average molecular weight is 312 g/mol. The highest BCUT2D eigenvalue weighted by atomic mass is 32.2. The van der Waals surface area contributed by atoms with Gasteiger partial charge in [0.15, 0.2) is 6.04 Å². The van der Waals surface area contributed by atoms with Crippen LogP contribution >= 0.6 is 11.8 Å². The Labute approximate surface area is 133 Å². The van der Waals surface area contributed by atoms with E-state index in [1.165, 1.54) is 11.1 Å². The predicted molar refractivity (Wildman–Crippen MR) is 86.1 cm³/mol. The zero-order valence-electron chi connectivity index (χ0n) is 12.2. The molecule has 4 nitrogen and oxygen atoms in total. The topological polar surface area (TPSA) is 66.6 Å². The fourth-order valence-corrected chi connectivity index (χ4v) is 2.87. The number of nitrogens with zero attached hydrogens (tertiary/aromatic N) is 2. The molecule has 3 N–H and O–H groups in total. The van der Waals surface area contributed by atoms with Crippen molar-refractivity contribution in [3.63, 3.8) is 0 Å². The lowest BCUT2D eigenvalue weighted by molar-refractivity contribution is -0.431. The number of hydrogen-bond donors (Lipinski definition) is 1. The van der Waals surface area contributed by atoms with Crippen molar-refractivity contribution in [2.75, 3.05) is 0 Å². The maximum absolute atomic E-state index is 5.72. The van der Waals surface area contributed by atoms with E-state index in [4.69, 9.17) is 4.42 Å². The summed E-state index contributed by atoms with van der Waals surface area (Å²) < 4.78 is 5.72. The van der Waals surface area contributed by atoms with Gasteiger partial charge in [-0.15, -0.1) is 10.2 Å². The molecule has 5 heteroatoms. The summed E-state index contributed by atoms with van der Waals surface area (Å²) in [5.41, 5.74) is 6.59. The molecule has 1 atom stereocenters. The van der Waals surface area contributed by atoms with Gasteiger partial charge in [0.1, 0.15) is 0 Å². The van der Waals surface area contributed by atoms with Gasteiger partial charge in [-0.2, -0.15) is 0 Å². The molecule has 1 aromatic heterocycles. The van der Waals surface area contributed by atoms with Crippen LogP contribution in [0.25, 0.3) is 0 Å². The minimum absolute atomic E-state index is 0.0269. The Kier molecular flexibility index (Phi) is 4.88. The predicted octanol–water partition coefficient (Wildman–Crippen LogP) is 2.89. The van der Waals surface area contributed by atoms with Crippen molar-refractivity contribution < 1.29 is 10.2 Å². The van der Waals surface area contributed by atoms with Gasteiger partial charge in [-0.3, -0.25) is 0 Å². The molecule has 0 spiro atoms. The number of quaternary nitrogens is 1. The lowest BCUT2D eigenvalue weighted by Crippen LogP contribution is -2.54. The van der Waals surface area contributed by atoms with E-state index in [0.717, 1.165) is 12.2 Å². The number of thioether (sulfide) groups is 1. The fourth-order valence-electron chi connectivity index (χ4n) is 2.15. The second kappa shape index (κ2) is 7.24. The number of benzene rings is 2. The third-order valence-electron chi connectivity index (χ3n) is 3.30. The molecule has 22 heavy (non-hydrogen) atoms. The molecule has 0 radical (unpaired) electrons. The Balaban J connectivity index is 1.58. The summed E-state index contributed by atoms with van der Waals surface area (Å²) in [6, 6.07) is 20.4. The molecule has 3 aromatic rings. The molecule has 2 aromatic carbocycles. The normalized spacial score (nSPS) is 12.2. The molecule has 0 fully saturated rings. The smallest absolute Gasteiger partial charge is 0.277 e. The van der Waals surface area contributed by atoms with E-state index in [1.54, 1.807) is 11.8 Å². The monoisotopic (exact) mass is 312 g/mol. The third-order valence-corrected chi connectivity index (χ3v) is 4.19. The first-order chi connectivity index (χ1) is 10.8. The lowest BCUT2D eigenvalue weighted by Gasteiger charge is -2.03. The average Bonchev–Trinajstić information content (AvgIpc) is 3.04. The van der Waals surface area contributed by atoms with Crippen LogP contribution < -0.4 is 5.73 Å². The minimum atomic E-state index is -0.0269. The molecular formula is C17H18N3OS+. The summed E-state index contributed by atoms with van der Waals surface area (Å²) in [5.74, 6) is 1.42. The van der Waals surface area contributed by atoms with Gasteiger partial charge in [0, 0.05) is 12.2 Å². The van der Waals surface area contributed by atoms with Crippen LogP contribution in [0.1, 0.15) is 23.1 Å². The van der Waals surface area contributed by atoms with Crippen LogP contribution in [0, 0.1) is 0 Å². The third kappa shape index (κ3) is 3.96. The summed E-state index contributed by atoms with van der Waals surface area (Å²) >= 11 is 1.55. The van der Waals surface area contributed by atoms with E-state index < -0.39 is 0 Å². The molecule has 0 bridgehead atoms. The highest BCUT2D eigenvalue weighted by Crippen LogP contribution is 2.23. The van der Waals surface area contributed by atoms with Crippen LogP contribution in [-0.2, 0) is 12.2 Å². The zero-order valence-corrected chi connectivity index (χ0v) is 13.0. The van der Waals surface area contributed by atoms with E-state index in [0.29, 0.717) is 11.1 Å². The van der Waals surface area contributed by atoms with Gasteiger partial charge < -0.3 is 10.2 Å². The van der Waals surface area contributed by atoms with Crippen molar-refractivity contribution >= 4 is 11.8 Å².